The molecule has 2 atom stereocenters. The Kier molecular flexibility index (Phi) is 6.23. The predicted molar refractivity (Wildman–Crippen MR) is 120 cm³/mol. The van der Waals surface area contributed by atoms with Crippen LogP contribution in [-0.2, 0) is 9.59 Å². The van der Waals surface area contributed by atoms with E-state index in [9.17, 15) is 14.0 Å². The molecular weight excluding hydrogens is 391 g/mol. The normalized spacial score (nSPS) is 26.8. The summed E-state index contributed by atoms with van der Waals surface area (Å²) in [7, 11) is 0. The van der Waals surface area contributed by atoms with Gasteiger partial charge in [0.05, 0.1) is 5.41 Å². The molecule has 4 nitrogen and oxygen atoms in total. The molecule has 1 aliphatic heterocycles. The van der Waals surface area contributed by atoms with Gasteiger partial charge in [0.1, 0.15) is 11.6 Å². The van der Waals surface area contributed by atoms with E-state index in [2.05, 4.69) is 11.5 Å². The first-order chi connectivity index (χ1) is 14.8. The summed E-state index contributed by atoms with van der Waals surface area (Å²) in [6.45, 7) is 7.68. The number of ketones is 1. The fourth-order valence-corrected chi connectivity index (χ4v) is 6.41. The largest absolute Gasteiger partial charge is 0.375 e. The number of amides is 1. The van der Waals surface area contributed by atoms with Crippen molar-refractivity contribution in [2.24, 2.45) is 23.0 Å². The van der Waals surface area contributed by atoms with Gasteiger partial charge in [-0.1, -0.05) is 38.0 Å². The summed E-state index contributed by atoms with van der Waals surface area (Å²) in [6, 6.07) is 5.28. The molecule has 1 heterocycles. The van der Waals surface area contributed by atoms with Crippen molar-refractivity contribution in [3.63, 3.8) is 0 Å². The van der Waals surface area contributed by atoms with E-state index in [4.69, 9.17) is 5.73 Å². The van der Waals surface area contributed by atoms with Crippen LogP contribution in [0, 0.1) is 30.0 Å². The third-order valence-electron chi connectivity index (χ3n) is 8.30. The number of hydrogen-bond acceptors (Lipinski definition) is 3. The van der Waals surface area contributed by atoms with Crippen molar-refractivity contribution in [3.8, 4) is 0 Å². The zero-order chi connectivity index (χ0) is 22.2. The van der Waals surface area contributed by atoms with Gasteiger partial charge in [-0.15, -0.1) is 0 Å². The lowest BCUT2D eigenvalue weighted by atomic mass is 9.63. The summed E-state index contributed by atoms with van der Waals surface area (Å²) in [4.78, 5) is 27.1. The van der Waals surface area contributed by atoms with Crippen LogP contribution in [0.3, 0.4) is 0 Å². The first-order valence-electron chi connectivity index (χ1n) is 11.8. The zero-order valence-electron chi connectivity index (χ0n) is 18.7. The van der Waals surface area contributed by atoms with Gasteiger partial charge in [-0.05, 0) is 55.7 Å². The van der Waals surface area contributed by atoms with Crippen LogP contribution in [0.1, 0.15) is 74.8 Å². The molecule has 3 aliphatic rings. The number of rotatable bonds is 5. The molecule has 0 spiro atoms. The van der Waals surface area contributed by atoms with Gasteiger partial charge in [-0.25, -0.2) is 4.39 Å². The highest BCUT2D eigenvalue weighted by Gasteiger charge is 2.47. The van der Waals surface area contributed by atoms with Crippen LogP contribution in [0.2, 0.25) is 0 Å². The quantitative estimate of drug-likeness (QED) is 0.731. The van der Waals surface area contributed by atoms with E-state index < -0.39 is 5.41 Å². The molecule has 0 radical (unpaired) electrons. The molecule has 0 unspecified atom stereocenters. The first-order valence-corrected chi connectivity index (χ1v) is 11.8. The highest BCUT2D eigenvalue weighted by Crippen LogP contribution is 2.48. The molecule has 5 heteroatoms. The molecular formula is C26H35FN2O2. The Bertz CT molecular complexity index is 866. The lowest BCUT2D eigenvalue weighted by Gasteiger charge is -2.47. The zero-order valence-corrected chi connectivity index (χ0v) is 18.7. The number of halogens is 1. The maximum atomic E-state index is 14.7. The number of aryl methyl sites for hydroxylation is 1. The van der Waals surface area contributed by atoms with Gasteiger partial charge in [0.25, 0.3) is 0 Å². The molecule has 1 amide bonds. The maximum Gasteiger partial charge on any atom is 0.224 e. The molecule has 31 heavy (non-hydrogen) atoms. The van der Waals surface area contributed by atoms with Crippen molar-refractivity contribution in [2.45, 2.75) is 70.6 Å². The minimum absolute atomic E-state index is 0.0829. The summed E-state index contributed by atoms with van der Waals surface area (Å²) >= 11 is 0. The molecule has 1 aromatic rings. The number of allylic oxidation sites excluding steroid dienone is 1. The number of carbonyl (C=O) groups excluding carboxylic acids is 2. The van der Waals surface area contributed by atoms with Crippen LogP contribution >= 0.6 is 0 Å². The van der Waals surface area contributed by atoms with Crippen LogP contribution in [-0.4, -0.2) is 29.7 Å². The van der Waals surface area contributed by atoms with E-state index in [0.29, 0.717) is 24.3 Å². The first kappa shape index (κ1) is 22.0. The van der Waals surface area contributed by atoms with E-state index in [1.807, 2.05) is 19.1 Å². The van der Waals surface area contributed by atoms with Crippen LogP contribution < -0.4 is 5.73 Å². The molecule has 1 aromatic carbocycles. The van der Waals surface area contributed by atoms with Gasteiger partial charge in [0, 0.05) is 43.5 Å². The van der Waals surface area contributed by atoms with Gasteiger partial charge in [-0.3, -0.25) is 9.59 Å². The van der Waals surface area contributed by atoms with Crippen LogP contribution in [0.5, 0.6) is 0 Å². The van der Waals surface area contributed by atoms with Gasteiger partial charge >= 0.3 is 0 Å². The molecule has 3 fully saturated rings. The van der Waals surface area contributed by atoms with Gasteiger partial charge in [0.15, 0.2) is 0 Å². The topological polar surface area (TPSA) is 63.4 Å². The predicted octanol–water partition coefficient (Wildman–Crippen LogP) is 4.86. The molecule has 2 aliphatic carbocycles. The number of piperidine rings is 1. The minimum Gasteiger partial charge on any atom is -0.375 e. The fourth-order valence-electron chi connectivity index (χ4n) is 6.41. The number of nitrogens with zero attached hydrogens (tertiary/aromatic N) is 1. The van der Waals surface area contributed by atoms with Crippen molar-refractivity contribution in [2.75, 3.05) is 13.1 Å². The van der Waals surface area contributed by atoms with Crippen molar-refractivity contribution < 1.29 is 14.0 Å². The Labute approximate surface area is 185 Å². The molecule has 0 bridgehead atoms. The average Bonchev–Trinajstić information content (AvgIpc) is 3.15. The number of benzene rings is 1. The van der Waals surface area contributed by atoms with Crippen molar-refractivity contribution in [1.29, 1.82) is 0 Å². The summed E-state index contributed by atoms with van der Waals surface area (Å²) in [5.74, 6) is -0.0813. The number of Topliss-reactive ketones (excluding diaryl/α,β-unsaturated/α-hetero) is 1. The lowest BCUT2D eigenvalue weighted by Crippen LogP contribution is -2.51. The molecule has 1 saturated heterocycles. The highest BCUT2D eigenvalue weighted by atomic mass is 19.1. The summed E-state index contributed by atoms with van der Waals surface area (Å²) < 4.78 is 14.7. The number of carbonyl (C=O) groups is 2. The second-order valence-electron chi connectivity index (χ2n) is 10.0. The third-order valence-corrected chi connectivity index (χ3v) is 8.30. The van der Waals surface area contributed by atoms with E-state index in [-0.39, 0.29) is 29.3 Å². The Morgan fingerprint density at radius 3 is 2.45 bits per heavy atom. The van der Waals surface area contributed by atoms with Crippen LogP contribution in [0.15, 0.2) is 30.5 Å². The third kappa shape index (κ3) is 4.16. The van der Waals surface area contributed by atoms with Crippen LogP contribution in [0.25, 0.3) is 0 Å². The number of nitrogens with two attached hydrogens (primary N) is 1. The second-order valence-corrected chi connectivity index (χ2v) is 10.0. The van der Waals surface area contributed by atoms with Crippen molar-refractivity contribution >= 4 is 11.7 Å². The van der Waals surface area contributed by atoms with E-state index in [1.54, 1.807) is 6.07 Å². The standard InChI is InChI=1S/C26H35FN2O2/c1-17-8-9-21(24(27)14-17)23-16-20(30)15-22(23)18(2)29-12-10-26(11-13-29,25(28)31)19-6-4-3-5-7-19/h8-9,14,19,22-23H,2-7,10-13,15-16H2,1H3,(H2,28,31)/t22-,23-/m0/s1. The summed E-state index contributed by atoms with van der Waals surface area (Å²) in [6.07, 6.45) is 8.08. The van der Waals surface area contributed by atoms with Gasteiger partial charge in [0.2, 0.25) is 5.91 Å². The second kappa shape index (κ2) is 8.76. The summed E-state index contributed by atoms with van der Waals surface area (Å²) in [5.41, 5.74) is 7.95. The Morgan fingerprint density at radius 1 is 1.16 bits per heavy atom. The molecule has 0 aromatic heterocycles. The minimum atomic E-state index is -0.412. The number of primary amides is 1. The van der Waals surface area contributed by atoms with Crippen LogP contribution in [0.4, 0.5) is 4.39 Å². The highest BCUT2D eigenvalue weighted by molar-refractivity contribution is 5.83. The smallest absolute Gasteiger partial charge is 0.224 e. The summed E-state index contributed by atoms with van der Waals surface area (Å²) in [5, 5.41) is 0. The van der Waals surface area contributed by atoms with E-state index in [0.717, 1.165) is 50.0 Å². The maximum absolute atomic E-state index is 14.7. The van der Waals surface area contributed by atoms with Crippen molar-refractivity contribution in [1.82, 2.24) is 4.90 Å². The molecule has 168 valence electrons. The molecule has 4 rings (SSSR count). The Balaban J connectivity index is 1.49. The lowest BCUT2D eigenvalue weighted by molar-refractivity contribution is -0.135. The van der Waals surface area contributed by atoms with Gasteiger partial charge in [-0.2, -0.15) is 0 Å². The van der Waals surface area contributed by atoms with Crippen molar-refractivity contribution in [3.05, 3.63) is 47.4 Å². The fraction of sp³-hybridized carbons (Fsp3) is 0.615. The Hall–Kier alpha value is -2.17. The molecule has 2 N–H and O–H groups in total. The van der Waals surface area contributed by atoms with Gasteiger partial charge < -0.3 is 10.6 Å². The number of likely N-dealkylation sites (tertiary alicyclic amines) is 1. The SMILES string of the molecule is C=C([C@@H]1CC(=O)C[C@H]1c1ccc(C)cc1F)N1CCC(C(N)=O)(C2CCCCC2)CC1. The van der Waals surface area contributed by atoms with E-state index >= 15 is 0 Å². The van der Waals surface area contributed by atoms with E-state index in [1.165, 1.54) is 19.3 Å². The Morgan fingerprint density at radius 2 is 1.84 bits per heavy atom. The molecule has 2 saturated carbocycles. The number of hydrogen-bond donors (Lipinski definition) is 1. The monoisotopic (exact) mass is 426 g/mol. The average molecular weight is 427 g/mol.